The predicted octanol–water partition coefficient (Wildman–Crippen LogP) is 5.21. The van der Waals surface area contributed by atoms with Crippen molar-refractivity contribution in [3.8, 4) is 5.88 Å². The smallest absolute Gasteiger partial charge is 0.311 e. The third kappa shape index (κ3) is 6.60. The maximum Gasteiger partial charge on any atom is 0.311 e. The van der Waals surface area contributed by atoms with E-state index in [0.717, 1.165) is 39.6 Å². The van der Waals surface area contributed by atoms with Gasteiger partial charge in [-0.25, -0.2) is 4.98 Å². The van der Waals surface area contributed by atoms with Crippen molar-refractivity contribution in [1.29, 1.82) is 0 Å². The van der Waals surface area contributed by atoms with Gasteiger partial charge < -0.3 is 20.1 Å². The molecule has 2 unspecified atom stereocenters. The molecule has 0 saturated carbocycles. The van der Waals surface area contributed by atoms with Crippen molar-refractivity contribution < 1.29 is 19.1 Å². The highest BCUT2D eigenvalue weighted by Gasteiger charge is 2.46. The molecule has 5 heterocycles. The van der Waals surface area contributed by atoms with Crippen LogP contribution in [-0.4, -0.2) is 77.0 Å². The third-order valence-corrected chi connectivity index (χ3v) is 10.7. The molecule has 3 aliphatic rings. The number of carbonyl (C=O) groups is 2. The first-order valence-electron chi connectivity index (χ1n) is 16.7. The average Bonchev–Trinajstić information content (AvgIpc) is 3.54. The molecule has 2 fully saturated rings. The number of halogens is 2. The van der Waals surface area contributed by atoms with Gasteiger partial charge in [0.15, 0.2) is 0 Å². The molecule has 12 heteroatoms. The van der Waals surface area contributed by atoms with Crippen LogP contribution in [0.25, 0.3) is 16.5 Å². The Kier molecular flexibility index (Phi) is 9.88. The van der Waals surface area contributed by atoms with Gasteiger partial charge in [0, 0.05) is 73.6 Å². The second-order valence-electron chi connectivity index (χ2n) is 13.0. The maximum atomic E-state index is 11.8. The number of hydrogen-bond acceptors (Lipinski definition) is 9. The van der Waals surface area contributed by atoms with Crippen LogP contribution < -0.4 is 15.4 Å². The summed E-state index contributed by atoms with van der Waals surface area (Å²) in [5, 5.41) is 7.27. The molecule has 1 amide bonds. The molecule has 1 aromatic carbocycles. The Morgan fingerprint density at radius 2 is 1.94 bits per heavy atom. The zero-order valence-electron chi connectivity index (χ0n) is 27.9. The molecule has 0 bridgehead atoms. The molecule has 3 atom stereocenters. The number of nitrogens with zero attached hydrogens (tertiary/aromatic N) is 4. The van der Waals surface area contributed by atoms with Gasteiger partial charge >= 0.3 is 5.97 Å². The SMILES string of the molecule is COC(=O)C1CN(Cc2cnc3cc(C4(c5ccc(CNCC6CCC(=O)N6)c(OC)n5)C=CC=C(c5ccccc5Cl)[C@@H]4Cl)ncc3c2)C1. The summed E-state index contributed by atoms with van der Waals surface area (Å²) in [6.45, 7) is 3.18. The molecule has 0 spiro atoms. The van der Waals surface area contributed by atoms with Crippen molar-refractivity contribution >= 4 is 51.6 Å². The van der Waals surface area contributed by atoms with Crippen LogP contribution in [0.5, 0.6) is 5.88 Å². The number of nitrogens with one attached hydrogen (secondary N) is 2. The summed E-state index contributed by atoms with van der Waals surface area (Å²) in [7, 11) is 3.03. The number of ether oxygens (including phenoxy) is 2. The zero-order chi connectivity index (χ0) is 34.8. The predicted molar refractivity (Wildman–Crippen MR) is 193 cm³/mol. The number of methoxy groups -OCH3 is 2. The molecule has 2 saturated heterocycles. The van der Waals surface area contributed by atoms with Crippen molar-refractivity contribution in [2.45, 2.75) is 42.8 Å². The number of carbonyl (C=O) groups excluding carboxylic acids is 2. The van der Waals surface area contributed by atoms with Crippen LogP contribution in [0.2, 0.25) is 5.02 Å². The van der Waals surface area contributed by atoms with Gasteiger partial charge in [0.25, 0.3) is 0 Å². The van der Waals surface area contributed by atoms with E-state index in [4.69, 9.17) is 47.6 Å². The molecular weight excluding hydrogens is 675 g/mol. The van der Waals surface area contributed by atoms with E-state index in [0.29, 0.717) is 61.4 Å². The van der Waals surface area contributed by atoms with E-state index < -0.39 is 10.8 Å². The average molecular weight is 714 g/mol. The molecule has 258 valence electrons. The van der Waals surface area contributed by atoms with Crippen molar-refractivity contribution in [1.82, 2.24) is 30.5 Å². The van der Waals surface area contributed by atoms with Gasteiger partial charge in [-0.2, -0.15) is 0 Å². The molecule has 2 N–H and O–H groups in total. The first-order valence-corrected chi connectivity index (χ1v) is 17.5. The summed E-state index contributed by atoms with van der Waals surface area (Å²) in [6, 6.07) is 15.8. The van der Waals surface area contributed by atoms with Crippen LogP contribution in [0.15, 0.2) is 79.2 Å². The minimum Gasteiger partial charge on any atom is -0.481 e. The van der Waals surface area contributed by atoms with Crippen molar-refractivity contribution in [3.63, 3.8) is 0 Å². The molecule has 1 aliphatic carbocycles. The van der Waals surface area contributed by atoms with Crippen molar-refractivity contribution in [3.05, 3.63) is 112 Å². The molecule has 7 rings (SSSR count). The second kappa shape index (κ2) is 14.5. The standard InChI is InChI=1S/C38H38Cl2N6O4/c1-49-36-24(17-41-19-27-10-12-34(47)44-27)9-11-32(45-36)38(13-5-7-29(35(38)40)28-6-3-4-8-30(28)39)33-15-31-25(18-43-33)14-23(16-42-31)20-46-21-26(22-46)37(48)50-2/h3-9,11,13-16,18,26-27,35,41H,10,12,17,19-22H2,1-2H3,(H,44,47)/t27?,35-,38?/m0/s1. The molecule has 4 aromatic rings. The molecular formula is C38H38Cl2N6O4. The Labute approximate surface area is 300 Å². The van der Waals surface area contributed by atoms with Crippen LogP contribution in [0, 0.1) is 5.92 Å². The Hall–Kier alpha value is -4.35. The summed E-state index contributed by atoms with van der Waals surface area (Å²) >= 11 is 14.3. The van der Waals surface area contributed by atoms with Gasteiger partial charge in [-0.1, -0.05) is 54.1 Å². The Morgan fingerprint density at radius 1 is 1.10 bits per heavy atom. The van der Waals surface area contributed by atoms with Crippen LogP contribution in [-0.2, 0) is 32.8 Å². The summed E-state index contributed by atoms with van der Waals surface area (Å²) in [5.74, 6) is 0.315. The highest BCUT2D eigenvalue weighted by molar-refractivity contribution is 6.34. The highest BCUT2D eigenvalue weighted by Crippen LogP contribution is 2.48. The minimum absolute atomic E-state index is 0.0793. The number of fused-ring (bicyclic) bond motifs is 1. The van der Waals surface area contributed by atoms with Gasteiger partial charge in [-0.05, 0) is 47.4 Å². The first kappa shape index (κ1) is 34.1. The van der Waals surface area contributed by atoms with Crippen molar-refractivity contribution in [2.24, 2.45) is 5.92 Å². The van der Waals surface area contributed by atoms with Gasteiger partial charge in [0.2, 0.25) is 11.8 Å². The Morgan fingerprint density at radius 3 is 2.70 bits per heavy atom. The number of aromatic nitrogens is 3. The van der Waals surface area contributed by atoms with E-state index in [1.807, 2.05) is 73.1 Å². The largest absolute Gasteiger partial charge is 0.481 e. The molecule has 3 aromatic heterocycles. The number of alkyl halides is 1. The molecule has 0 radical (unpaired) electrons. The lowest BCUT2D eigenvalue weighted by atomic mass is 9.70. The third-order valence-electron chi connectivity index (χ3n) is 9.78. The highest BCUT2D eigenvalue weighted by atomic mass is 35.5. The van der Waals surface area contributed by atoms with E-state index in [1.165, 1.54) is 7.11 Å². The summed E-state index contributed by atoms with van der Waals surface area (Å²) in [6.07, 6.45) is 11.1. The molecule has 10 nitrogen and oxygen atoms in total. The fourth-order valence-corrected chi connectivity index (χ4v) is 7.81. The van der Waals surface area contributed by atoms with E-state index >= 15 is 0 Å². The van der Waals surface area contributed by atoms with E-state index in [2.05, 4.69) is 21.6 Å². The van der Waals surface area contributed by atoms with Crippen LogP contribution in [0.3, 0.4) is 0 Å². The van der Waals surface area contributed by atoms with Gasteiger partial charge in [-0.3, -0.25) is 24.5 Å². The Bertz CT molecular complexity index is 2000. The summed E-state index contributed by atoms with van der Waals surface area (Å²) in [4.78, 5) is 40.6. The normalized spacial score (nSPS) is 22.2. The number of allylic oxidation sites excluding steroid dienone is 4. The topological polar surface area (TPSA) is 119 Å². The lowest BCUT2D eigenvalue weighted by Gasteiger charge is -2.38. The van der Waals surface area contributed by atoms with Crippen LogP contribution in [0.1, 0.15) is 40.9 Å². The van der Waals surface area contributed by atoms with E-state index in [9.17, 15) is 9.59 Å². The van der Waals surface area contributed by atoms with Gasteiger partial charge in [-0.15, -0.1) is 11.6 Å². The van der Waals surface area contributed by atoms with Crippen LogP contribution in [0.4, 0.5) is 0 Å². The summed E-state index contributed by atoms with van der Waals surface area (Å²) < 4.78 is 10.7. The summed E-state index contributed by atoms with van der Waals surface area (Å²) in [5.41, 5.74) is 4.70. The Balaban J connectivity index is 1.22. The fraction of sp³-hybridized carbons (Fsp3) is 0.342. The number of pyridine rings is 3. The number of benzene rings is 1. The zero-order valence-corrected chi connectivity index (χ0v) is 29.4. The van der Waals surface area contributed by atoms with E-state index in [-0.39, 0.29) is 23.8 Å². The lowest BCUT2D eigenvalue weighted by Crippen LogP contribution is -2.49. The lowest BCUT2D eigenvalue weighted by molar-refractivity contribution is -0.151. The number of rotatable bonds is 11. The number of likely N-dealkylation sites (tertiary alicyclic amines) is 1. The fourth-order valence-electron chi connectivity index (χ4n) is 7.08. The van der Waals surface area contributed by atoms with Crippen molar-refractivity contribution in [2.75, 3.05) is 33.9 Å². The number of esters is 1. The molecule has 2 aliphatic heterocycles. The quantitative estimate of drug-likeness (QED) is 0.160. The second-order valence-corrected chi connectivity index (χ2v) is 13.9. The first-order chi connectivity index (χ1) is 24.3. The number of amides is 1. The number of hydrogen-bond donors (Lipinski definition) is 2. The maximum absolute atomic E-state index is 11.8. The van der Waals surface area contributed by atoms with Gasteiger partial charge in [0.1, 0.15) is 0 Å². The monoisotopic (exact) mass is 712 g/mol. The van der Waals surface area contributed by atoms with Crippen LogP contribution >= 0.6 is 23.2 Å². The minimum atomic E-state index is -1.01. The van der Waals surface area contributed by atoms with E-state index in [1.54, 1.807) is 7.11 Å². The molecule has 50 heavy (non-hydrogen) atoms. The van der Waals surface area contributed by atoms with Gasteiger partial charge in [0.05, 0.1) is 47.8 Å².